The molecule has 10 heteroatoms. The van der Waals surface area contributed by atoms with Gasteiger partial charge < -0.3 is 15.2 Å². The fourth-order valence-corrected chi connectivity index (χ4v) is 4.03. The van der Waals surface area contributed by atoms with Crippen LogP contribution in [0.3, 0.4) is 0 Å². The summed E-state index contributed by atoms with van der Waals surface area (Å²) in [4.78, 5) is 47.6. The van der Waals surface area contributed by atoms with E-state index in [2.05, 4.69) is 15.1 Å². The van der Waals surface area contributed by atoms with Crippen LogP contribution in [0.25, 0.3) is 11.1 Å². The van der Waals surface area contributed by atoms with Crippen LogP contribution in [0.1, 0.15) is 74.1 Å². The number of H-pyrrole nitrogens is 1. The Hall–Kier alpha value is -3.43. The molecule has 1 saturated carbocycles. The van der Waals surface area contributed by atoms with Gasteiger partial charge in [-0.2, -0.15) is 0 Å². The van der Waals surface area contributed by atoms with Gasteiger partial charge in [0, 0.05) is 24.7 Å². The Morgan fingerprint density at radius 3 is 2.73 bits per heavy atom. The molecule has 0 spiro atoms. The van der Waals surface area contributed by atoms with E-state index in [0.29, 0.717) is 35.3 Å². The summed E-state index contributed by atoms with van der Waals surface area (Å²) in [5.41, 5.74) is 7.06. The van der Waals surface area contributed by atoms with Crippen LogP contribution in [0, 0.1) is 12.8 Å². The number of nitrogen functional groups attached to an aromatic ring is 1. The molecular formula is C23H30N6O4. The highest BCUT2D eigenvalue weighted by molar-refractivity contribution is 6.14. The van der Waals surface area contributed by atoms with Gasteiger partial charge in [-0.3, -0.25) is 19.1 Å². The van der Waals surface area contributed by atoms with Crippen LogP contribution in [-0.4, -0.2) is 32.1 Å². The fraction of sp³-hybridized carbons (Fsp3) is 0.522. The maximum Gasteiger partial charge on any atom is 0.330 e. The number of rotatable bonds is 8. The Balaban J connectivity index is 1.90. The Bertz CT molecular complexity index is 1310. The summed E-state index contributed by atoms with van der Waals surface area (Å²) in [6.45, 7) is 8.23. The smallest absolute Gasteiger partial charge is 0.330 e. The van der Waals surface area contributed by atoms with Gasteiger partial charge in [-0.15, -0.1) is 0 Å². The number of pyridine rings is 1. The third-order valence-electron chi connectivity index (χ3n) is 5.88. The molecule has 0 saturated heterocycles. The summed E-state index contributed by atoms with van der Waals surface area (Å²) in [5, 5.41) is 4.53. The molecule has 0 bridgehead atoms. The second kappa shape index (κ2) is 8.84. The van der Waals surface area contributed by atoms with Gasteiger partial charge >= 0.3 is 5.69 Å². The van der Waals surface area contributed by atoms with Crippen molar-refractivity contribution < 1.29 is 9.32 Å². The average molecular weight is 455 g/mol. The summed E-state index contributed by atoms with van der Waals surface area (Å²) in [6.07, 6.45) is 3.47. The van der Waals surface area contributed by atoms with Gasteiger partial charge in [0.15, 0.2) is 5.69 Å². The van der Waals surface area contributed by atoms with E-state index in [1.165, 1.54) is 9.47 Å². The summed E-state index contributed by atoms with van der Waals surface area (Å²) < 4.78 is 6.70. The molecule has 1 amide bonds. The maximum atomic E-state index is 14.0. The van der Waals surface area contributed by atoms with Crippen molar-refractivity contribution >= 4 is 28.5 Å². The minimum Gasteiger partial charge on any atom is -0.383 e. The van der Waals surface area contributed by atoms with Gasteiger partial charge in [-0.05, 0) is 38.2 Å². The number of aromatic amines is 1. The molecule has 0 aliphatic heterocycles. The lowest BCUT2D eigenvalue weighted by atomic mass is 10.1. The quantitative estimate of drug-likeness (QED) is 0.533. The molecule has 4 rings (SSSR count). The highest BCUT2D eigenvalue weighted by Crippen LogP contribution is 2.40. The van der Waals surface area contributed by atoms with E-state index in [9.17, 15) is 14.4 Å². The van der Waals surface area contributed by atoms with E-state index in [-0.39, 0.29) is 29.9 Å². The molecule has 33 heavy (non-hydrogen) atoms. The number of nitrogens with one attached hydrogen (secondary N) is 1. The molecule has 1 aliphatic carbocycles. The average Bonchev–Trinajstić information content (AvgIpc) is 3.55. The molecule has 1 fully saturated rings. The molecular weight excluding hydrogens is 424 g/mol. The van der Waals surface area contributed by atoms with Crippen LogP contribution in [0.15, 0.2) is 20.2 Å². The number of carbonyl (C=O) groups excluding carboxylic acids is 1. The summed E-state index contributed by atoms with van der Waals surface area (Å²) >= 11 is 0. The lowest BCUT2D eigenvalue weighted by molar-refractivity contribution is 0.0987. The van der Waals surface area contributed by atoms with Gasteiger partial charge in [0.1, 0.15) is 5.82 Å². The van der Waals surface area contributed by atoms with E-state index < -0.39 is 17.2 Å². The van der Waals surface area contributed by atoms with E-state index in [1.54, 1.807) is 13.0 Å². The molecule has 3 N–H and O–H groups in total. The van der Waals surface area contributed by atoms with Crippen LogP contribution >= 0.6 is 0 Å². The van der Waals surface area contributed by atoms with E-state index >= 15 is 0 Å². The molecule has 10 nitrogen and oxygen atoms in total. The minimum absolute atomic E-state index is 0.0132. The zero-order valence-corrected chi connectivity index (χ0v) is 19.5. The number of aryl methyl sites for hydroxylation is 1. The number of nitrogens with zero attached hydrogens (tertiary/aromatic N) is 4. The molecule has 0 unspecified atom stereocenters. The number of unbranched alkanes of at least 4 members (excludes halogenated alkanes) is 1. The van der Waals surface area contributed by atoms with E-state index in [1.807, 2.05) is 20.8 Å². The molecule has 1 aliphatic rings. The number of hydrogen-bond acceptors (Lipinski definition) is 7. The van der Waals surface area contributed by atoms with Crippen molar-refractivity contribution in [3.8, 4) is 0 Å². The fourth-order valence-electron chi connectivity index (χ4n) is 4.03. The van der Waals surface area contributed by atoms with Crippen molar-refractivity contribution in [2.24, 2.45) is 5.92 Å². The summed E-state index contributed by atoms with van der Waals surface area (Å²) in [6, 6.07) is 1.78. The van der Waals surface area contributed by atoms with Crippen molar-refractivity contribution in [1.82, 2.24) is 19.7 Å². The summed E-state index contributed by atoms with van der Waals surface area (Å²) in [5.74, 6) is -0.00588. The first-order valence-electron chi connectivity index (χ1n) is 11.4. The molecule has 3 aromatic heterocycles. The zero-order valence-electron chi connectivity index (χ0n) is 19.5. The zero-order chi connectivity index (χ0) is 23.9. The molecule has 0 aromatic carbocycles. The Labute approximate surface area is 190 Å². The second-order valence-corrected chi connectivity index (χ2v) is 9.13. The normalized spacial score (nSPS) is 13.7. The topological polar surface area (TPSA) is 140 Å². The summed E-state index contributed by atoms with van der Waals surface area (Å²) in [7, 11) is 0. The number of anilines is 2. The van der Waals surface area contributed by atoms with Gasteiger partial charge in [0.25, 0.3) is 17.2 Å². The Kier molecular flexibility index (Phi) is 6.09. The first kappa shape index (κ1) is 22.8. The molecule has 3 heterocycles. The largest absolute Gasteiger partial charge is 0.383 e. The number of nitrogens with two attached hydrogens (primary N) is 1. The van der Waals surface area contributed by atoms with Gasteiger partial charge in [0.2, 0.25) is 0 Å². The van der Waals surface area contributed by atoms with Crippen molar-refractivity contribution in [1.29, 1.82) is 0 Å². The van der Waals surface area contributed by atoms with Crippen molar-refractivity contribution in [3.63, 3.8) is 0 Å². The molecule has 3 aromatic rings. The number of carbonyl (C=O) groups is 1. The molecule has 176 valence electrons. The standard InChI is InChI=1S/C23H30N6O4/c1-5-6-9-28(18-19(24)29(11-12(2)3)23(32)26-20(18)30)22(31)15-10-16(14-7-8-14)25-21-17(15)13(4)27-33-21/h10,12,14H,5-9,11,24H2,1-4H3,(H,26,30,32). The number of fused-ring (bicyclic) bond motifs is 1. The monoisotopic (exact) mass is 454 g/mol. The predicted molar refractivity (Wildman–Crippen MR) is 126 cm³/mol. The third kappa shape index (κ3) is 4.29. The number of hydrogen-bond donors (Lipinski definition) is 2. The van der Waals surface area contributed by atoms with Crippen LogP contribution in [-0.2, 0) is 6.54 Å². The number of amides is 1. The van der Waals surface area contributed by atoms with Crippen LogP contribution in [0.2, 0.25) is 0 Å². The minimum atomic E-state index is -0.684. The van der Waals surface area contributed by atoms with Gasteiger partial charge in [-0.25, -0.2) is 9.78 Å². The highest BCUT2D eigenvalue weighted by Gasteiger charge is 2.32. The predicted octanol–water partition coefficient (Wildman–Crippen LogP) is 2.94. The lowest BCUT2D eigenvalue weighted by Crippen LogP contribution is -2.42. The second-order valence-electron chi connectivity index (χ2n) is 9.13. The van der Waals surface area contributed by atoms with Crippen molar-refractivity contribution in [3.05, 3.63) is 43.9 Å². The third-order valence-corrected chi connectivity index (χ3v) is 5.88. The van der Waals surface area contributed by atoms with Gasteiger partial charge in [0.05, 0.1) is 16.6 Å². The highest BCUT2D eigenvalue weighted by atomic mass is 16.5. The first-order valence-corrected chi connectivity index (χ1v) is 11.4. The number of aromatic nitrogens is 4. The first-order chi connectivity index (χ1) is 15.7. The van der Waals surface area contributed by atoms with Crippen molar-refractivity contribution in [2.45, 2.75) is 65.8 Å². The molecule has 0 atom stereocenters. The van der Waals surface area contributed by atoms with Crippen molar-refractivity contribution in [2.75, 3.05) is 17.2 Å². The van der Waals surface area contributed by atoms with Crippen LogP contribution in [0.4, 0.5) is 11.5 Å². The lowest BCUT2D eigenvalue weighted by Gasteiger charge is -2.25. The van der Waals surface area contributed by atoms with Crippen LogP contribution in [0.5, 0.6) is 0 Å². The Morgan fingerprint density at radius 1 is 1.36 bits per heavy atom. The van der Waals surface area contributed by atoms with Gasteiger partial charge in [-0.1, -0.05) is 32.3 Å². The van der Waals surface area contributed by atoms with E-state index in [0.717, 1.165) is 25.0 Å². The van der Waals surface area contributed by atoms with Crippen LogP contribution < -0.4 is 21.9 Å². The maximum absolute atomic E-state index is 14.0. The Morgan fingerprint density at radius 2 is 2.09 bits per heavy atom. The molecule has 0 radical (unpaired) electrons. The van der Waals surface area contributed by atoms with E-state index in [4.69, 9.17) is 10.3 Å². The SMILES string of the molecule is CCCCN(C(=O)c1cc(C2CC2)nc2onc(C)c12)c1c(N)n(CC(C)C)c(=O)[nH]c1=O.